The fourth-order valence-corrected chi connectivity index (χ4v) is 1.93. The highest BCUT2D eigenvalue weighted by atomic mass is 35.5. The summed E-state index contributed by atoms with van der Waals surface area (Å²) in [6.07, 6.45) is 3.79. The van der Waals surface area contributed by atoms with E-state index >= 15 is 0 Å². The molecule has 2 rings (SSSR count). The number of halogens is 1. The van der Waals surface area contributed by atoms with Gasteiger partial charge in [0.25, 0.3) is 0 Å². The van der Waals surface area contributed by atoms with Crippen LogP contribution in [0.2, 0.25) is 5.02 Å². The maximum Gasteiger partial charge on any atom is 0.0653 e. The molecule has 2 heteroatoms. The van der Waals surface area contributed by atoms with Gasteiger partial charge in [-0.1, -0.05) is 17.7 Å². The molecule has 0 bridgehead atoms. The van der Waals surface area contributed by atoms with Crippen LogP contribution in [0.1, 0.15) is 30.4 Å². The van der Waals surface area contributed by atoms with Gasteiger partial charge in [-0.3, -0.25) is 0 Å². The molecule has 0 amide bonds. The smallest absolute Gasteiger partial charge is 0.0653 e. The van der Waals surface area contributed by atoms with Gasteiger partial charge in [0.05, 0.1) is 5.60 Å². The summed E-state index contributed by atoms with van der Waals surface area (Å²) in [6.45, 7) is 2.07. The van der Waals surface area contributed by atoms with Crippen LogP contribution in [0.4, 0.5) is 0 Å². The SMILES string of the molecule is Cc1cc(Cl)ccc1CCC1(O)CC1. The van der Waals surface area contributed by atoms with Gasteiger partial charge >= 0.3 is 0 Å². The first-order valence-corrected chi connectivity index (χ1v) is 5.44. The molecular formula is C12H15ClO. The van der Waals surface area contributed by atoms with Gasteiger partial charge in [0, 0.05) is 5.02 Å². The van der Waals surface area contributed by atoms with Crippen molar-refractivity contribution < 1.29 is 5.11 Å². The van der Waals surface area contributed by atoms with Gasteiger partial charge in [-0.15, -0.1) is 0 Å². The summed E-state index contributed by atoms with van der Waals surface area (Å²) < 4.78 is 0. The van der Waals surface area contributed by atoms with Crippen LogP contribution in [0.15, 0.2) is 18.2 Å². The van der Waals surface area contributed by atoms with Crippen molar-refractivity contribution >= 4 is 11.6 Å². The molecule has 1 saturated carbocycles. The zero-order chi connectivity index (χ0) is 10.2. The van der Waals surface area contributed by atoms with E-state index in [9.17, 15) is 5.11 Å². The topological polar surface area (TPSA) is 20.2 Å². The van der Waals surface area contributed by atoms with Crippen molar-refractivity contribution in [1.82, 2.24) is 0 Å². The minimum atomic E-state index is -0.341. The zero-order valence-corrected chi connectivity index (χ0v) is 9.14. The molecule has 0 aliphatic heterocycles. The minimum absolute atomic E-state index is 0.341. The number of aryl methyl sites for hydroxylation is 2. The first kappa shape index (κ1) is 10.0. The monoisotopic (exact) mass is 210 g/mol. The van der Waals surface area contributed by atoms with Crippen LogP contribution >= 0.6 is 11.6 Å². The van der Waals surface area contributed by atoms with E-state index in [0.29, 0.717) is 0 Å². The molecule has 1 aliphatic rings. The first-order valence-electron chi connectivity index (χ1n) is 5.06. The van der Waals surface area contributed by atoms with Crippen molar-refractivity contribution in [3.8, 4) is 0 Å². The fraction of sp³-hybridized carbons (Fsp3) is 0.500. The van der Waals surface area contributed by atoms with E-state index in [1.54, 1.807) is 0 Å². The number of hydrogen-bond donors (Lipinski definition) is 1. The molecule has 76 valence electrons. The number of hydrogen-bond acceptors (Lipinski definition) is 1. The third-order valence-corrected chi connectivity index (χ3v) is 3.23. The van der Waals surface area contributed by atoms with Crippen molar-refractivity contribution in [3.63, 3.8) is 0 Å². The van der Waals surface area contributed by atoms with Crippen LogP contribution in [0.5, 0.6) is 0 Å². The molecule has 0 atom stereocenters. The molecular weight excluding hydrogens is 196 g/mol. The lowest BCUT2D eigenvalue weighted by Crippen LogP contribution is -2.08. The lowest BCUT2D eigenvalue weighted by molar-refractivity contribution is 0.140. The molecule has 1 aromatic rings. The number of rotatable bonds is 3. The Morgan fingerprint density at radius 1 is 1.43 bits per heavy atom. The molecule has 1 fully saturated rings. The van der Waals surface area contributed by atoms with E-state index in [0.717, 1.165) is 30.7 Å². The normalized spacial score (nSPS) is 18.2. The predicted molar refractivity (Wildman–Crippen MR) is 58.7 cm³/mol. The van der Waals surface area contributed by atoms with Crippen molar-refractivity contribution in [3.05, 3.63) is 34.3 Å². The molecule has 0 spiro atoms. The minimum Gasteiger partial charge on any atom is -0.390 e. The maximum absolute atomic E-state index is 9.71. The van der Waals surface area contributed by atoms with Gasteiger partial charge in [-0.25, -0.2) is 0 Å². The Balaban J connectivity index is 2.02. The van der Waals surface area contributed by atoms with Crippen LogP contribution in [0.25, 0.3) is 0 Å². The average Bonchev–Trinajstić information content (AvgIpc) is 2.83. The average molecular weight is 211 g/mol. The van der Waals surface area contributed by atoms with Gasteiger partial charge in [0.2, 0.25) is 0 Å². The van der Waals surface area contributed by atoms with E-state index in [1.165, 1.54) is 11.1 Å². The summed E-state index contributed by atoms with van der Waals surface area (Å²) in [6, 6.07) is 5.96. The van der Waals surface area contributed by atoms with Crippen LogP contribution in [-0.2, 0) is 6.42 Å². The van der Waals surface area contributed by atoms with Crippen molar-refractivity contribution in [1.29, 1.82) is 0 Å². The Morgan fingerprint density at radius 2 is 2.14 bits per heavy atom. The summed E-state index contributed by atoms with van der Waals surface area (Å²) in [5, 5.41) is 10.5. The van der Waals surface area contributed by atoms with Gasteiger partial charge in [-0.2, -0.15) is 0 Å². The van der Waals surface area contributed by atoms with Gasteiger partial charge in [-0.05, 0) is 55.9 Å². The fourth-order valence-electron chi connectivity index (χ4n) is 1.70. The van der Waals surface area contributed by atoms with Crippen LogP contribution < -0.4 is 0 Å². The summed E-state index contributed by atoms with van der Waals surface area (Å²) in [5.41, 5.74) is 2.18. The second-order valence-corrected chi connectivity index (χ2v) is 4.73. The summed E-state index contributed by atoms with van der Waals surface area (Å²) in [5.74, 6) is 0. The molecule has 1 aliphatic carbocycles. The van der Waals surface area contributed by atoms with E-state index < -0.39 is 0 Å². The summed E-state index contributed by atoms with van der Waals surface area (Å²) >= 11 is 5.87. The number of aliphatic hydroxyl groups is 1. The summed E-state index contributed by atoms with van der Waals surface area (Å²) in [7, 11) is 0. The van der Waals surface area contributed by atoms with E-state index in [4.69, 9.17) is 11.6 Å². The second-order valence-electron chi connectivity index (χ2n) is 4.30. The molecule has 0 heterocycles. The van der Waals surface area contributed by atoms with Crippen LogP contribution in [0, 0.1) is 6.92 Å². The molecule has 1 nitrogen and oxygen atoms in total. The maximum atomic E-state index is 9.71. The highest BCUT2D eigenvalue weighted by Crippen LogP contribution is 2.39. The third kappa shape index (κ3) is 2.28. The lowest BCUT2D eigenvalue weighted by atomic mass is 10.0. The highest BCUT2D eigenvalue weighted by molar-refractivity contribution is 6.30. The first-order chi connectivity index (χ1) is 6.59. The van der Waals surface area contributed by atoms with Gasteiger partial charge in [0.15, 0.2) is 0 Å². The van der Waals surface area contributed by atoms with Crippen molar-refractivity contribution in [2.45, 2.75) is 38.2 Å². The molecule has 1 N–H and O–H groups in total. The lowest BCUT2D eigenvalue weighted by Gasteiger charge is -2.09. The molecule has 14 heavy (non-hydrogen) atoms. The van der Waals surface area contributed by atoms with Gasteiger partial charge in [0.1, 0.15) is 0 Å². The molecule has 0 saturated heterocycles. The molecule has 0 unspecified atom stereocenters. The van der Waals surface area contributed by atoms with Crippen molar-refractivity contribution in [2.24, 2.45) is 0 Å². The van der Waals surface area contributed by atoms with E-state index in [1.807, 2.05) is 12.1 Å². The van der Waals surface area contributed by atoms with Crippen molar-refractivity contribution in [2.75, 3.05) is 0 Å². The van der Waals surface area contributed by atoms with Crippen LogP contribution in [-0.4, -0.2) is 10.7 Å². The predicted octanol–water partition coefficient (Wildman–Crippen LogP) is 3.11. The second kappa shape index (κ2) is 3.56. The largest absolute Gasteiger partial charge is 0.390 e. The Labute approximate surface area is 89.7 Å². The molecule has 0 aromatic heterocycles. The highest BCUT2D eigenvalue weighted by Gasteiger charge is 2.39. The molecule has 1 aromatic carbocycles. The Bertz CT molecular complexity index is 342. The van der Waals surface area contributed by atoms with E-state index in [-0.39, 0.29) is 5.60 Å². The molecule has 0 radical (unpaired) electrons. The Kier molecular flexibility index (Phi) is 2.54. The zero-order valence-electron chi connectivity index (χ0n) is 8.39. The van der Waals surface area contributed by atoms with E-state index in [2.05, 4.69) is 13.0 Å². The standard InChI is InChI=1S/C12H15ClO/c1-9-8-11(13)3-2-10(9)4-5-12(14)6-7-12/h2-3,8,14H,4-7H2,1H3. The van der Waals surface area contributed by atoms with Crippen LogP contribution in [0.3, 0.4) is 0 Å². The Hall–Kier alpha value is -0.530. The number of benzene rings is 1. The summed E-state index contributed by atoms with van der Waals surface area (Å²) in [4.78, 5) is 0. The Morgan fingerprint density at radius 3 is 2.71 bits per heavy atom. The quantitative estimate of drug-likeness (QED) is 0.813. The van der Waals surface area contributed by atoms with Gasteiger partial charge < -0.3 is 5.11 Å². The third-order valence-electron chi connectivity index (χ3n) is 2.99.